The van der Waals surface area contributed by atoms with Crippen LogP contribution in [0.2, 0.25) is 0 Å². The van der Waals surface area contributed by atoms with Crippen LogP contribution in [0.4, 0.5) is 10.1 Å². The Morgan fingerprint density at radius 2 is 2.32 bits per heavy atom. The first-order chi connectivity index (χ1) is 8.97. The summed E-state index contributed by atoms with van der Waals surface area (Å²) in [5.74, 6) is -1.87. The monoisotopic (exact) mass is 326 g/mol. The molecule has 100 valence electrons. The molecule has 19 heavy (non-hydrogen) atoms. The van der Waals surface area contributed by atoms with Gasteiger partial charge < -0.3 is 10.0 Å². The highest BCUT2D eigenvalue weighted by atomic mass is 79.9. The number of rotatable bonds is 2. The smallest absolute Gasteiger partial charge is 0.308 e. The fraction of sp³-hybridized carbons (Fsp3) is 0.385. The summed E-state index contributed by atoms with van der Waals surface area (Å²) >= 11 is 3.06. The largest absolute Gasteiger partial charge is 0.481 e. The molecule has 0 aliphatic carbocycles. The van der Waals surface area contributed by atoms with Gasteiger partial charge in [-0.05, 0) is 41.4 Å². The Morgan fingerprint density at radius 3 is 2.84 bits per heavy atom. The molecule has 1 aromatic rings. The van der Waals surface area contributed by atoms with Gasteiger partial charge in [0.15, 0.2) is 5.82 Å². The van der Waals surface area contributed by atoms with E-state index in [2.05, 4.69) is 15.9 Å². The lowest BCUT2D eigenvalue weighted by Crippen LogP contribution is -2.33. The van der Waals surface area contributed by atoms with Crippen molar-refractivity contribution < 1.29 is 14.3 Å². The number of benzene rings is 1. The second-order valence-corrected chi connectivity index (χ2v) is 5.33. The van der Waals surface area contributed by atoms with Gasteiger partial charge in [-0.25, -0.2) is 4.39 Å². The topological polar surface area (TPSA) is 64.3 Å². The predicted molar refractivity (Wildman–Crippen MR) is 71.4 cm³/mol. The maximum absolute atomic E-state index is 14.2. The Bertz CT molecular complexity index is 570. The molecular formula is C13H12BrFN2O2. The van der Waals surface area contributed by atoms with E-state index >= 15 is 0 Å². The molecule has 1 aliphatic rings. The van der Waals surface area contributed by atoms with Crippen LogP contribution in [-0.2, 0) is 4.79 Å². The summed E-state index contributed by atoms with van der Waals surface area (Å²) in [4.78, 5) is 12.8. The fourth-order valence-electron chi connectivity index (χ4n) is 2.46. The molecule has 0 bridgehead atoms. The average molecular weight is 327 g/mol. The molecule has 0 amide bonds. The van der Waals surface area contributed by atoms with Gasteiger partial charge in [0, 0.05) is 12.6 Å². The average Bonchev–Trinajstić information content (AvgIpc) is 2.75. The molecule has 0 saturated carbocycles. The number of nitrogens with zero attached hydrogens (tertiary/aromatic N) is 2. The molecule has 1 heterocycles. The Morgan fingerprint density at radius 1 is 1.63 bits per heavy atom. The maximum Gasteiger partial charge on any atom is 0.308 e. The van der Waals surface area contributed by atoms with Crippen molar-refractivity contribution in [1.82, 2.24) is 0 Å². The number of carboxylic acids is 1. The van der Waals surface area contributed by atoms with E-state index in [9.17, 15) is 9.18 Å². The van der Waals surface area contributed by atoms with Gasteiger partial charge in [-0.3, -0.25) is 4.79 Å². The quantitative estimate of drug-likeness (QED) is 0.907. The van der Waals surface area contributed by atoms with Crippen molar-refractivity contribution in [2.45, 2.75) is 19.4 Å². The van der Waals surface area contributed by atoms with Crippen LogP contribution in [0.25, 0.3) is 0 Å². The molecule has 4 nitrogen and oxygen atoms in total. The van der Waals surface area contributed by atoms with Crippen LogP contribution >= 0.6 is 15.9 Å². The fourth-order valence-corrected chi connectivity index (χ4v) is 2.88. The molecule has 2 rings (SSSR count). The summed E-state index contributed by atoms with van der Waals surface area (Å²) in [5, 5.41) is 17.9. The molecule has 0 aromatic heterocycles. The van der Waals surface area contributed by atoms with Gasteiger partial charge in [0.2, 0.25) is 0 Å². The molecule has 1 aliphatic heterocycles. The molecule has 6 heteroatoms. The van der Waals surface area contributed by atoms with Gasteiger partial charge in [0.05, 0.1) is 21.6 Å². The third-order valence-corrected chi connectivity index (χ3v) is 4.34. The van der Waals surface area contributed by atoms with Crippen LogP contribution in [0.5, 0.6) is 0 Å². The Kier molecular flexibility index (Phi) is 3.76. The number of carboxylic acid groups (broad SMARTS) is 1. The number of anilines is 1. The number of hydrogen-bond acceptors (Lipinski definition) is 3. The molecule has 1 saturated heterocycles. The van der Waals surface area contributed by atoms with Crippen LogP contribution in [0.1, 0.15) is 18.9 Å². The van der Waals surface area contributed by atoms with Crippen molar-refractivity contribution in [3.63, 3.8) is 0 Å². The molecular weight excluding hydrogens is 315 g/mol. The van der Waals surface area contributed by atoms with Gasteiger partial charge >= 0.3 is 5.97 Å². The van der Waals surface area contributed by atoms with E-state index in [0.29, 0.717) is 18.7 Å². The normalized spacial score (nSPS) is 22.3. The van der Waals surface area contributed by atoms with Crippen LogP contribution in [0, 0.1) is 23.1 Å². The highest BCUT2D eigenvalue weighted by Gasteiger charge is 2.37. The first kappa shape index (κ1) is 13.8. The standard InChI is InChI=1S/C13H12BrFN2O2/c1-7-9(13(18)19)4-5-17(7)10-3-2-8(6-16)11(14)12(10)15/h2-3,7,9H,4-5H2,1H3,(H,18,19). The zero-order valence-corrected chi connectivity index (χ0v) is 11.8. The van der Waals surface area contributed by atoms with E-state index in [4.69, 9.17) is 10.4 Å². The van der Waals surface area contributed by atoms with E-state index in [1.54, 1.807) is 11.8 Å². The zero-order chi connectivity index (χ0) is 14.2. The predicted octanol–water partition coefficient (Wildman–Crippen LogP) is 2.76. The van der Waals surface area contributed by atoms with E-state index in [1.807, 2.05) is 6.07 Å². The van der Waals surface area contributed by atoms with E-state index < -0.39 is 17.7 Å². The molecule has 2 atom stereocenters. The minimum Gasteiger partial charge on any atom is -0.481 e. The van der Waals surface area contributed by atoms with Crippen molar-refractivity contribution in [3.05, 3.63) is 28.0 Å². The molecule has 1 N–H and O–H groups in total. The van der Waals surface area contributed by atoms with Crippen molar-refractivity contribution in [2.24, 2.45) is 5.92 Å². The lowest BCUT2D eigenvalue weighted by molar-refractivity contribution is -0.141. The van der Waals surface area contributed by atoms with Gasteiger partial charge in [-0.1, -0.05) is 0 Å². The first-order valence-corrected chi connectivity index (χ1v) is 6.64. The number of halogens is 2. The van der Waals surface area contributed by atoms with Crippen molar-refractivity contribution in [3.8, 4) is 6.07 Å². The van der Waals surface area contributed by atoms with Crippen molar-refractivity contribution in [2.75, 3.05) is 11.4 Å². The number of aliphatic carboxylic acids is 1. The lowest BCUT2D eigenvalue weighted by Gasteiger charge is -2.26. The molecule has 1 aromatic carbocycles. The summed E-state index contributed by atoms with van der Waals surface area (Å²) in [6, 6.07) is 4.68. The van der Waals surface area contributed by atoms with Gasteiger partial charge in [-0.2, -0.15) is 5.26 Å². The third-order valence-electron chi connectivity index (χ3n) is 3.56. The molecule has 2 unspecified atom stereocenters. The molecule has 0 spiro atoms. The van der Waals surface area contributed by atoms with E-state index in [0.717, 1.165) is 0 Å². The third kappa shape index (κ3) is 2.30. The molecule has 0 radical (unpaired) electrons. The summed E-state index contributed by atoms with van der Waals surface area (Å²) in [6.07, 6.45) is 0.494. The van der Waals surface area contributed by atoms with Gasteiger partial charge in [0.25, 0.3) is 0 Å². The summed E-state index contributed by atoms with van der Waals surface area (Å²) in [5.41, 5.74) is 0.560. The number of nitriles is 1. The van der Waals surface area contributed by atoms with Crippen LogP contribution in [0.3, 0.4) is 0 Å². The minimum atomic E-state index is -0.858. The summed E-state index contributed by atoms with van der Waals surface area (Å²) in [7, 11) is 0. The number of carbonyl (C=O) groups is 1. The minimum absolute atomic E-state index is 0.124. The summed E-state index contributed by atoms with van der Waals surface area (Å²) < 4.78 is 14.3. The van der Waals surface area contributed by atoms with Crippen molar-refractivity contribution in [1.29, 1.82) is 5.26 Å². The SMILES string of the molecule is CC1C(C(=O)O)CCN1c1ccc(C#N)c(Br)c1F. The Balaban J connectivity index is 2.37. The van der Waals surface area contributed by atoms with E-state index in [1.165, 1.54) is 12.1 Å². The summed E-state index contributed by atoms with van der Waals surface area (Å²) in [6.45, 7) is 2.27. The second kappa shape index (κ2) is 5.17. The first-order valence-electron chi connectivity index (χ1n) is 5.85. The Hall–Kier alpha value is -1.61. The van der Waals surface area contributed by atoms with Gasteiger partial charge in [0.1, 0.15) is 6.07 Å². The second-order valence-electron chi connectivity index (χ2n) is 4.54. The van der Waals surface area contributed by atoms with Crippen molar-refractivity contribution >= 4 is 27.6 Å². The van der Waals surface area contributed by atoms with Crippen LogP contribution in [0.15, 0.2) is 16.6 Å². The lowest BCUT2D eigenvalue weighted by atomic mass is 10.0. The molecule has 1 fully saturated rings. The highest BCUT2D eigenvalue weighted by molar-refractivity contribution is 9.10. The zero-order valence-electron chi connectivity index (χ0n) is 10.2. The highest BCUT2D eigenvalue weighted by Crippen LogP contribution is 2.35. The van der Waals surface area contributed by atoms with Gasteiger partial charge in [-0.15, -0.1) is 0 Å². The Labute approximate surface area is 118 Å². The number of hydrogen-bond donors (Lipinski definition) is 1. The van der Waals surface area contributed by atoms with Crippen LogP contribution in [-0.4, -0.2) is 23.7 Å². The maximum atomic E-state index is 14.2. The van der Waals surface area contributed by atoms with Crippen LogP contribution < -0.4 is 4.90 Å². The van der Waals surface area contributed by atoms with E-state index in [-0.39, 0.29) is 16.1 Å².